The van der Waals surface area contributed by atoms with E-state index in [1.165, 1.54) is 29.5 Å². The number of hydrogen-bond acceptors (Lipinski definition) is 6. The Labute approximate surface area is 220 Å². The Bertz CT molecular complexity index is 1360. The molecule has 8 heteroatoms. The second-order valence-electron chi connectivity index (χ2n) is 8.32. The number of likely N-dealkylation sites (N-methyl/N-ethyl adjacent to an activating group) is 1. The zero-order valence-electron chi connectivity index (χ0n) is 20.9. The van der Waals surface area contributed by atoms with E-state index in [2.05, 4.69) is 4.99 Å². The van der Waals surface area contributed by atoms with Gasteiger partial charge in [0, 0.05) is 6.54 Å². The molecule has 37 heavy (non-hydrogen) atoms. The lowest BCUT2D eigenvalue weighted by atomic mass is 10.1. The first kappa shape index (κ1) is 26.0. The number of aliphatic imine (C=N–C) groups is 1. The zero-order valence-corrected chi connectivity index (χ0v) is 21.7. The van der Waals surface area contributed by atoms with Crippen molar-refractivity contribution in [2.45, 2.75) is 27.4 Å². The Morgan fingerprint density at radius 1 is 1.03 bits per heavy atom. The molecule has 1 aliphatic heterocycles. The third-order valence-corrected chi connectivity index (χ3v) is 6.61. The van der Waals surface area contributed by atoms with Gasteiger partial charge in [0.05, 0.1) is 22.8 Å². The van der Waals surface area contributed by atoms with Gasteiger partial charge in [-0.25, -0.2) is 9.79 Å². The maximum Gasteiger partial charge on any atom is 0.335 e. The summed E-state index contributed by atoms with van der Waals surface area (Å²) in [5.74, 6) is 0.0525. The van der Waals surface area contributed by atoms with Crippen molar-refractivity contribution in [1.82, 2.24) is 4.90 Å². The van der Waals surface area contributed by atoms with Crippen molar-refractivity contribution in [3.8, 4) is 11.5 Å². The predicted molar refractivity (Wildman–Crippen MR) is 147 cm³/mol. The number of aryl methyl sites for hydroxylation is 1. The average molecular weight is 517 g/mol. The van der Waals surface area contributed by atoms with E-state index in [1.54, 1.807) is 23.1 Å². The maximum atomic E-state index is 13.1. The van der Waals surface area contributed by atoms with Gasteiger partial charge in [-0.3, -0.25) is 9.69 Å². The molecule has 1 amide bonds. The van der Waals surface area contributed by atoms with Crippen molar-refractivity contribution in [2.75, 3.05) is 13.2 Å². The third kappa shape index (κ3) is 6.40. The number of nitrogens with zero attached hydrogens (tertiary/aromatic N) is 2. The van der Waals surface area contributed by atoms with Crippen molar-refractivity contribution >= 4 is 40.6 Å². The molecular weight excluding hydrogens is 488 g/mol. The highest BCUT2D eigenvalue weighted by Crippen LogP contribution is 2.36. The predicted octanol–water partition coefficient (Wildman–Crippen LogP) is 6.29. The van der Waals surface area contributed by atoms with Crippen LogP contribution in [-0.4, -0.2) is 40.2 Å². The van der Waals surface area contributed by atoms with E-state index < -0.39 is 5.97 Å². The summed E-state index contributed by atoms with van der Waals surface area (Å²) in [6.07, 6.45) is 1.80. The molecule has 0 aromatic heterocycles. The van der Waals surface area contributed by atoms with Gasteiger partial charge in [-0.1, -0.05) is 42.0 Å². The number of aromatic carboxylic acids is 1. The fourth-order valence-corrected chi connectivity index (χ4v) is 4.75. The summed E-state index contributed by atoms with van der Waals surface area (Å²) in [4.78, 5) is 31.0. The number of carbonyl (C=O) groups excluding carboxylic acids is 1. The second-order valence-corrected chi connectivity index (χ2v) is 9.33. The van der Waals surface area contributed by atoms with Gasteiger partial charge in [0.15, 0.2) is 16.7 Å². The number of ether oxygens (including phenoxy) is 2. The monoisotopic (exact) mass is 516 g/mol. The molecule has 0 saturated carbocycles. The molecule has 1 fully saturated rings. The van der Waals surface area contributed by atoms with Crippen molar-refractivity contribution in [1.29, 1.82) is 0 Å². The molecule has 1 heterocycles. The largest absolute Gasteiger partial charge is 0.490 e. The third-order valence-electron chi connectivity index (χ3n) is 5.60. The summed E-state index contributed by atoms with van der Waals surface area (Å²) in [6.45, 7) is 7.17. The lowest BCUT2D eigenvalue weighted by molar-refractivity contribution is -0.122. The number of benzene rings is 3. The van der Waals surface area contributed by atoms with Crippen LogP contribution in [0.3, 0.4) is 0 Å². The Hall–Kier alpha value is -4.04. The van der Waals surface area contributed by atoms with Gasteiger partial charge < -0.3 is 14.6 Å². The van der Waals surface area contributed by atoms with Gasteiger partial charge in [0.25, 0.3) is 5.91 Å². The zero-order chi connectivity index (χ0) is 26.4. The highest BCUT2D eigenvalue weighted by molar-refractivity contribution is 8.18. The van der Waals surface area contributed by atoms with E-state index >= 15 is 0 Å². The molecule has 0 unspecified atom stereocenters. The van der Waals surface area contributed by atoms with Crippen LogP contribution in [0, 0.1) is 6.92 Å². The molecule has 0 atom stereocenters. The molecule has 4 rings (SSSR count). The van der Waals surface area contributed by atoms with Crippen molar-refractivity contribution in [2.24, 2.45) is 4.99 Å². The van der Waals surface area contributed by atoms with Gasteiger partial charge in [0.1, 0.15) is 6.61 Å². The van der Waals surface area contributed by atoms with Gasteiger partial charge in [-0.15, -0.1) is 0 Å². The Morgan fingerprint density at radius 3 is 2.51 bits per heavy atom. The first-order chi connectivity index (χ1) is 17.9. The number of thioether (sulfide) groups is 1. The number of hydrogen-bond donors (Lipinski definition) is 1. The first-order valence-electron chi connectivity index (χ1n) is 12.0. The molecule has 0 bridgehead atoms. The molecule has 1 aliphatic rings. The lowest BCUT2D eigenvalue weighted by Gasteiger charge is -2.13. The fourth-order valence-electron chi connectivity index (χ4n) is 3.69. The lowest BCUT2D eigenvalue weighted by Crippen LogP contribution is -2.28. The molecule has 1 saturated heterocycles. The van der Waals surface area contributed by atoms with Crippen molar-refractivity contribution in [3.63, 3.8) is 0 Å². The molecular formula is C29H28N2O5S. The van der Waals surface area contributed by atoms with E-state index in [-0.39, 0.29) is 11.5 Å². The van der Waals surface area contributed by atoms with Crippen LogP contribution < -0.4 is 9.47 Å². The summed E-state index contributed by atoms with van der Waals surface area (Å²) >= 11 is 1.26. The molecule has 0 spiro atoms. The smallest absolute Gasteiger partial charge is 0.335 e. The highest BCUT2D eigenvalue weighted by atomic mass is 32.2. The summed E-state index contributed by atoms with van der Waals surface area (Å²) in [6, 6.07) is 20.1. The minimum Gasteiger partial charge on any atom is -0.490 e. The van der Waals surface area contributed by atoms with E-state index in [4.69, 9.17) is 9.47 Å². The van der Waals surface area contributed by atoms with Gasteiger partial charge in [-0.05, 0) is 80.1 Å². The van der Waals surface area contributed by atoms with Crippen LogP contribution in [0.15, 0.2) is 76.6 Å². The molecule has 0 aliphatic carbocycles. The van der Waals surface area contributed by atoms with Crippen LogP contribution in [0.5, 0.6) is 11.5 Å². The van der Waals surface area contributed by atoms with Crippen LogP contribution in [0.4, 0.5) is 5.69 Å². The van der Waals surface area contributed by atoms with Crippen molar-refractivity contribution in [3.05, 3.63) is 93.9 Å². The Balaban J connectivity index is 1.57. The summed E-state index contributed by atoms with van der Waals surface area (Å²) in [7, 11) is 0. The van der Waals surface area contributed by atoms with E-state index in [0.717, 1.165) is 11.1 Å². The Kier molecular flexibility index (Phi) is 8.30. The molecule has 7 nitrogen and oxygen atoms in total. The van der Waals surface area contributed by atoms with Crippen molar-refractivity contribution < 1.29 is 24.2 Å². The van der Waals surface area contributed by atoms with Gasteiger partial charge >= 0.3 is 5.97 Å². The number of carboxylic acids is 1. The number of amidine groups is 1. The fraction of sp³-hybridized carbons (Fsp3) is 0.207. The standard InChI is InChI=1S/C29H28N2O5S/c1-4-31-27(32)26(37-29(31)30-23-8-6-7-22(17-23)28(33)34)16-21-13-14-24(25(15-21)35-5-2)36-18-20-11-9-19(3)10-12-20/h6-17H,4-5,18H2,1-3H3,(H,33,34)/b26-16-,30-29?. The second kappa shape index (κ2) is 11.8. The van der Waals surface area contributed by atoms with Crippen LogP contribution in [-0.2, 0) is 11.4 Å². The molecule has 190 valence electrons. The quantitative estimate of drug-likeness (QED) is 0.336. The molecule has 3 aromatic carbocycles. The number of carbonyl (C=O) groups is 2. The summed E-state index contributed by atoms with van der Waals surface area (Å²) < 4.78 is 11.8. The molecule has 1 N–H and O–H groups in total. The van der Waals surface area contributed by atoms with E-state index in [1.807, 2.05) is 63.2 Å². The van der Waals surface area contributed by atoms with Gasteiger partial charge in [0.2, 0.25) is 0 Å². The Morgan fingerprint density at radius 2 is 1.81 bits per heavy atom. The number of amides is 1. The molecule has 0 radical (unpaired) electrons. The van der Waals surface area contributed by atoms with E-state index in [9.17, 15) is 14.7 Å². The minimum atomic E-state index is -1.03. The van der Waals surface area contributed by atoms with Gasteiger partial charge in [-0.2, -0.15) is 0 Å². The number of carboxylic acid groups (broad SMARTS) is 1. The van der Waals surface area contributed by atoms with Crippen LogP contribution in [0.25, 0.3) is 6.08 Å². The first-order valence-corrected chi connectivity index (χ1v) is 12.8. The van der Waals surface area contributed by atoms with Crippen LogP contribution in [0.2, 0.25) is 0 Å². The molecule has 3 aromatic rings. The number of rotatable bonds is 9. The average Bonchev–Trinajstić information content (AvgIpc) is 3.18. The SMILES string of the molecule is CCOc1cc(/C=C2\SC(=Nc3cccc(C(=O)O)c3)N(CC)C2=O)ccc1OCc1ccc(C)cc1. The maximum absolute atomic E-state index is 13.1. The summed E-state index contributed by atoms with van der Waals surface area (Å²) in [5, 5.41) is 9.76. The topological polar surface area (TPSA) is 88.4 Å². The minimum absolute atomic E-state index is 0.142. The van der Waals surface area contributed by atoms with Crippen LogP contribution >= 0.6 is 11.8 Å². The van der Waals surface area contributed by atoms with Crippen LogP contribution in [0.1, 0.15) is 40.9 Å². The normalized spacial score (nSPS) is 15.4. The summed E-state index contributed by atoms with van der Waals surface area (Å²) in [5.41, 5.74) is 3.67. The highest BCUT2D eigenvalue weighted by Gasteiger charge is 2.32. The van der Waals surface area contributed by atoms with E-state index in [0.29, 0.717) is 47.0 Å².